The lowest BCUT2D eigenvalue weighted by Crippen LogP contribution is -2.27. The molecule has 3 aromatic rings. The number of anilines is 2. The summed E-state index contributed by atoms with van der Waals surface area (Å²) in [6.45, 7) is 0.405. The van der Waals surface area contributed by atoms with E-state index < -0.39 is 10.0 Å². The lowest BCUT2D eigenvalue weighted by molar-refractivity contribution is 0.102. The number of hydrogen-bond donors (Lipinski definition) is 1. The molecule has 0 bridgehead atoms. The van der Waals surface area contributed by atoms with Gasteiger partial charge in [0.2, 0.25) is 10.0 Å². The summed E-state index contributed by atoms with van der Waals surface area (Å²) in [4.78, 5) is 17.1. The molecule has 144 valence electrons. The number of carbonyl (C=O) groups is 1. The minimum Gasteiger partial charge on any atom is -0.298 e. The van der Waals surface area contributed by atoms with Crippen LogP contribution in [0.2, 0.25) is 0 Å². The molecular weight excluding hydrogens is 462 g/mol. The zero-order chi connectivity index (χ0) is 19.9. The van der Waals surface area contributed by atoms with Crippen LogP contribution in [0.1, 0.15) is 15.9 Å². The molecule has 9 heteroatoms. The van der Waals surface area contributed by atoms with Crippen molar-refractivity contribution in [3.05, 3.63) is 63.4 Å². The summed E-state index contributed by atoms with van der Waals surface area (Å²) in [6.07, 6.45) is 1.78. The van der Waals surface area contributed by atoms with Gasteiger partial charge in [-0.1, -0.05) is 28.1 Å². The Morgan fingerprint density at radius 2 is 1.96 bits per heavy atom. The van der Waals surface area contributed by atoms with Gasteiger partial charge in [0, 0.05) is 27.5 Å². The number of sulfonamides is 1. The fraction of sp³-hybridized carbons (Fsp3) is 0.158. The van der Waals surface area contributed by atoms with Gasteiger partial charge in [0.15, 0.2) is 5.13 Å². The Morgan fingerprint density at radius 1 is 1.21 bits per heavy atom. The van der Waals surface area contributed by atoms with E-state index in [9.17, 15) is 13.2 Å². The van der Waals surface area contributed by atoms with Crippen molar-refractivity contribution >= 4 is 54.0 Å². The molecule has 2 aromatic carbocycles. The van der Waals surface area contributed by atoms with Crippen LogP contribution in [-0.2, 0) is 16.4 Å². The number of hydrogen-bond acceptors (Lipinski definition) is 5. The lowest BCUT2D eigenvalue weighted by Gasteiger charge is -2.16. The number of fused-ring (bicyclic) bond motifs is 1. The van der Waals surface area contributed by atoms with Crippen molar-refractivity contribution in [1.82, 2.24) is 4.98 Å². The highest BCUT2D eigenvalue weighted by atomic mass is 79.9. The first-order chi connectivity index (χ1) is 13.3. The Hall–Kier alpha value is -2.23. The third-order valence-electron chi connectivity index (χ3n) is 4.46. The minimum absolute atomic E-state index is 0.266. The summed E-state index contributed by atoms with van der Waals surface area (Å²) in [6, 6.07) is 12.9. The van der Waals surface area contributed by atoms with E-state index in [1.54, 1.807) is 18.2 Å². The summed E-state index contributed by atoms with van der Waals surface area (Å²) in [5.41, 5.74) is 3.75. The fourth-order valence-corrected chi connectivity index (χ4v) is 5.05. The van der Waals surface area contributed by atoms with Crippen LogP contribution in [0, 0.1) is 0 Å². The molecular formula is C19H16BrN3O3S2. The molecule has 1 N–H and O–H groups in total. The van der Waals surface area contributed by atoms with Crippen LogP contribution in [-0.4, -0.2) is 32.1 Å². The third-order valence-corrected chi connectivity index (χ3v) is 6.93. The monoisotopic (exact) mass is 477 g/mol. The number of carbonyl (C=O) groups excluding carboxylic acids is 1. The van der Waals surface area contributed by atoms with Crippen molar-refractivity contribution in [2.45, 2.75) is 6.42 Å². The average molecular weight is 478 g/mol. The van der Waals surface area contributed by atoms with Gasteiger partial charge >= 0.3 is 0 Å². The molecule has 1 aliphatic heterocycles. The first-order valence-electron chi connectivity index (χ1n) is 8.45. The number of rotatable bonds is 4. The quantitative estimate of drug-likeness (QED) is 0.611. The molecule has 1 amide bonds. The van der Waals surface area contributed by atoms with Crippen LogP contribution in [0.5, 0.6) is 0 Å². The highest BCUT2D eigenvalue weighted by molar-refractivity contribution is 9.10. The van der Waals surface area contributed by atoms with Crippen LogP contribution >= 0.6 is 27.3 Å². The molecule has 0 unspecified atom stereocenters. The second kappa shape index (κ2) is 7.31. The lowest BCUT2D eigenvalue weighted by atomic mass is 10.1. The molecule has 0 radical (unpaired) electrons. The highest BCUT2D eigenvalue weighted by Gasteiger charge is 2.26. The Kier molecular flexibility index (Phi) is 4.98. The third kappa shape index (κ3) is 3.82. The molecule has 2 heterocycles. The second-order valence-corrected chi connectivity index (χ2v) is 10.1. The SMILES string of the molecule is CS(=O)(=O)N1CCc2cc(C(=O)Nc3nc(-c4ccc(Br)cc4)cs3)ccc21. The molecule has 0 spiro atoms. The predicted octanol–water partition coefficient (Wildman–Crippen LogP) is 4.15. The average Bonchev–Trinajstić information content (AvgIpc) is 3.28. The summed E-state index contributed by atoms with van der Waals surface area (Å²) >= 11 is 4.76. The molecule has 1 aromatic heterocycles. The van der Waals surface area contributed by atoms with Gasteiger partial charge in [-0.3, -0.25) is 14.4 Å². The van der Waals surface area contributed by atoms with Crippen molar-refractivity contribution in [2.24, 2.45) is 0 Å². The number of thiazole rings is 1. The zero-order valence-corrected chi connectivity index (χ0v) is 18.1. The fourth-order valence-electron chi connectivity index (χ4n) is 3.11. The molecule has 28 heavy (non-hydrogen) atoms. The van der Waals surface area contributed by atoms with Gasteiger partial charge in [-0.05, 0) is 42.3 Å². The molecule has 1 aliphatic rings. The summed E-state index contributed by atoms with van der Waals surface area (Å²) in [5.74, 6) is -0.266. The first kappa shape index (κ1) is 19.1. The number of halogens is 1. The van der Waals surface area contributed by atoms with Gasteiger partial charge in [-0.15, -0.1) is 11.3 Å². The van der Waals surface area contributed by atoms with E-state index in [2.05, 4.69) is 26.2 Å². The van der Waals surface area contributed by atoms with E-state index in [0.29, 0.717) is 29.3 Å². The maximum absolute atomic E-state index is 12.6. The van der Waals surface area contributed by atoms with E-state index in [1.807, 2.05) is 29.6 Å². The van der Waals surface area contributed by atoms with Crippen LogP contribution in [0.3, 0.4) is 0 Å². The van der Waals surface area contributed by atoms with Gasteiger partial charge in [-0.2, -0.15) is 0 Å². The molecule has 0 atom stereocenters. The number of amides is 1. The van der Waals surface area contributed by atoms with Crippen LogP contribution in [0.15, 0.2) is 52.3 Å². The highest BCUT2D eigenvalue weighted by Crippen LogP contribution is 2.31. The van der Waals surface area contributed by atoms with Crippen LogP contribution in [0.25, 0.3) is 11.3 Å². The maximum Gasteiger partial charge on any atom is 0.257 e. The minimum atomic E-state index is -3.30. The normalized spacial score (nSPS) is 13.4. The van der Waals surface area contributed by atoms with Crippen molar-refractivity contribution < 1.29 is 13.2 Å². The van der Waals surface area contributed by atoms with Gasteiger partial charge < -0.3 is 0 Å². The number of nitrogens with zero attached hydrogens (tertiary/aromatic N) is 2. The molecule has 0 saturated carbocycles. The van der Waals surface area contributed by atoms with Crippen molar-refractivity contribution in [3.63, 3.8) is 0 Å². The van der Waals surface area contributed by atoms with Gasteiger partial charge in [0.25, 0.3) is 5.91 Å². The Morgan fingerprint density at radius 3 is 2.68 bits per heavy atom. The maximum atomic E-state index is 12.6. The Bertz CT molecular complexity index is 1160. The Labute approximate surface area is 175 Å². The molecule has 0 fully saturated rings. The summed E-state index contributed by atoms with van der Waals surface area (Å²) in [7, 11) is -3.30. The van der Waals surface area contributed by atoms with Gasteiger partial charge in [0.1, 0.15) is 0 Å². The van der Waals surface area contributed by atoms with Gasteiger partial charge in [0.05, 0.1) is 17.6 Å². The van der Waals surface area contributed by atoms with Crippen LogP contribution in [0.4, 0.5) is 10.8 Å². The van der Waals surface area contributed by atoms with Crippen molar-refractivity contribution in [3.8, 4) is 11.3 Å². The van der Waals surface area contributed by atoms with E-state index in [-0.39, 0.29) is 5.91 Å². The molecule has 0 saturated heterocycles. The largest absolute Gasteiger partial charge is 0.298 e. The van der Waals surface area contributed by atoms with Crippen molar-refractivity contribution in [1.29, 1.82) is 0 Å². The van der Waals surface area contributed by atoms with Gasteiger partial charge in [-0.25, -0.2) is 13.4 Å². The molecule has 4 rings (SSSR count). The standard InChI is InChI=1S/C19H16BrN3O3S2/c1-28(25,26)23-9-8-13-10-14(4-7-17(13)23)18(24)22-19-21-16(11-27-19)12-2-5-15(20)6-3-12/h2-7,10-11H,8-9H2,1H3,(H,21,22,24). The summed E-state index contributed by atoms with van der Waals surface area (Å²) < 4.78 is 26.0. The van der Waals surface area contributed by atoms with E-state index in [1.165, 1.54) is 21.9 Å². The number of nitrogens with one attached hydrogen (secondary N) is 1. The second-order valence-electron chi connectivity index (χ2n) is 6.43. The smallest absolute Gasteiger partial charge is 0.257 e. The van der Waals surface area contributed by atoms with Crippen molar-refractivity contribution in [2.75, 3.05) is 22.4 Å². The molecule has 0 aliphatic carbocycles. The van der Waals surface area contributed by atoms with E-state index in [0.717, 1.165) is 21.3 Å². The first-order valence-corrected chi connectivity index (χ1v) is 12.0. The number of aromatic nitrogens is 1. The molecule has 6 nitrogen and oxygen atoms in total. The van der Waals surface area contributed by atoms with E-state index in [4.69, 9.17) is 0 Å². The van der Waals surface area contributed by atoms with Crippen LogP contribution < -0.4 is 9.62 Å². The summed E-state index contributed by atoms with van der Waals surface area (Å²) in [5, 5.41) is 5.23. The topological polar surface area (TPSA) is 79.4 Å². The Balaban J connectivity index is 1.51. The number of benzene rings is 2. The zero-order valence-electron chi connectivity index (χ0n) is 14.8. The predicted molar refractivity (Wildman–Crippen MR) is 116 cm³/mol. The van der Waals surface area contributed by atoms with E-state index >= 15 is 0 Å².